The van der Waals surface area contributed by atoms with Gasteiger partial charge in [0.2, 0.25) is 5.91 Å². The van der Waals surface area contributed by atoms with Crippen LogP contribution in [0, 0.1) is 6.92 Å². The first kappa shape index (κ1) is 14.3. The largest absolute Gasteiger partial charge is 0.399 e. The average Bonchev–Trinajstić information content (AvgIpc) is 2.40. The number of pyridine rings is 1. The molecule has 0 bridgehead atoms. The highest BCUT2D eigenvalue weighted by Gasteiger charge is 2.06. The van der Waals surface area contributed by atoms with Crippen LogP contribution in [0.15, 0.2) is 36.4 Å². The molecule has 20 heavy (non-hydrogen) atoms. The minimum atomic E-state index is -0.0559. The van der Waals surface area contributed by atoms with Crippen molar-refractivity contribution >= 4 is 28.9 Å². The van der Waals surface area contributed by atoms with Crippen molar-refractivity contribution in [3.8, 4) is 0 Å². The number of benzene rings is 1. The first-order valence-electron chi connectivity index (χ1n) is 6.32. The van der Waals surface area contributed by atoms with Crippen molar-refractivity contribution in [3.05, 3.63) is 52.8 Å². The molecule has 0 radical (unpaired) electrons. The molecule has 2 rings (SSSR count). The third-order valence-corrected chi connectivity index (χ3v) is 3.13. The van der Waals surface area contributed by atoms with Crippen molar-refractivity contribution in [1.82, 2.24) is 4.98 Å². The van der Waals surface area contributed by atoms with E-state index in [9.17, 15) is 4.79 Å². The topological polar surface area (TPSA) is 68.0 Å². The van der Waals surface area contributed by atoms with Gasteiger partial charge in [-0.3, -0.25) is 4.79 Å². The van der Waals surface area contributed by atoms with Crippen molar-refractivity contribution in [2.45, 2.75) is 19.8 Å². The summed E-state index contributed by atoms with van der Waals surface area (Å²) in [6.45, 7) is 1.80. The van der Waals surface area contributed by atoms with Crippen LogP contribution in [0.2, 0.25) is 5.15 Å². The number of nitrogens with zero attached hydrogens (tertiary/aromatic N) is 1. The fourth-order valence-corrected chi connectivity index (χ4v) is 2.07. The Morgan fingerprint density at radius 3 is 2.85 bits per heavy atom. The summed E-state index contributed by atoms with van der Waals surface area (Å²) in [7, 11) is 0. The van der Waals surface area contributed by atoms with E-state index < -0.39 is 0 Å². The summed E-state index contributed by atoms with van der Waals surface area (Å²) in [6, 6.07) is 11.0. The number of carbonyl (C=O) groups is 1. The third kappa shape index (κ3) is 3.96. The second-order valence-corrected chi connectivity index (χ2v) is 4.95. The van der Waals surface area contributed by atoms with Gasteiger partial charge in [-0.2, -0.15) is 0 Å². The van der Waals surface area contributed by atoms with Gasteiger partial charge in [0.25, 0.3) is 0 Å². The lowest BCUT2D eigenvalue weighted by molar-refractivity contribution is -0.116. The number of nitrogens with one attached hydrogen (secondary N) is 1. The number of anilines is 2. The molecule has 0 saturated heterocycles. The zero-order valence-electron chi connectivity index (χ0n) is 11.2. The highest BCUT2D eigenvalue weighted by atomic mass is 35.5. The Morgan fingerprint density at radius 2 is 2.15 bits per heavy atom. The lowest BCUT2D eigenvalue weighted by atomic mass is 10.1. The van der Waals surface area contributed by atoms with E-state index in [1.807, 2.05) is 24.3 Å². The van der Waals surface area contributed by atoms with Gasteiger partial charge in [0.1, 0.15) is 5.15 Å². The van der Waals surface area contributed by atoms with Gasteiger partial charge >= 0.3 is 0 Å². The molecule has 0 spiro atoms. The van der Waals surface area contributed by atoms with Gasteiger partial charge in [-0.25, -0.2) is 4.98 Å². The van der Waals surface area contributed by atoms with Crippen LogP contribution in [0.1, 0.15) is 17.7 Å². The third-order valence-electron chi connectivity index (χ3n) is 2.92. The summed E-state index contributed by atoms with van der Waals surface area (Å²) in [4.78, 5) is 16.0. The molecule has 1 aromatic carbocycles. The molecule has 0 aliphatic carbocycles. The van der Waals surface area contributed by atoms with Gasteiger partial charge in [0.15, 0.2) is 0 Å². The highest BCUT2D eigenvalue weighted by Crippen LogP contribution is 2.16. The maximum atomic E-state index is 11.9. The number of nitrogens with two attached hydrogens (primary N) is 1. The molecule has 1 heterocycles. The van der Waals surface area contributed by atoms with E-state index in [2.05, 4.69) is 10.3 Å². The van der Waals surface area contributed by atoms with Crippen molar-refractivity contribution in [1.29, 1.82) is 0 Å². The van der Waals surface area contributed by atoms with E-state index >= 15 is 0 Å². The lowest BCUT2D eigenvalue weighted by Crippen LogP contribution is -2.13. The molecule has 0 fully saturated rings. The van der Waals surface area contributed by atoms with Crippen LogP contribution in [0.25, 0.3) is 0 Å². The predicted octanol–water partition coefficient (Wildman–Crippen LogP) is 3.20. The number of aromatic nitrogens is 1. The smallest absolute Gasteiger partial charge is 0.224 e. The zero-order chi connectivity index (χ0) is 14.5. The standard InChI is InChI=1S/C15H16ClN3O/c1-10-13(6-7-14(16)18-10)19-15(20)8-5-11-3-2-4-12(17)9-11/h2-4,6-7,9H,5,8,17H2,1H3,(H,19,20). The fraction of sp³-hybridized carbons (Fsp3) is 0.200. The van der Waals surface area contributed by atoms with Crippen molar-refractivity contribution < 1.29 is 4.79 Å². The molecular weight excluding hydrogens is 274 g/mol. The number of nitrogen functional groups attached to an aromatic ring is 1. The van der Waals surface area contributed by atoms with Crippen molar-refractivity contribution in [2.24, 2.45) is 0 Å². The van der Waals surface area contributed by atoms with Gasteiger partial charge in [-0.05, 0) is 43.2 Å². The predicted molar refractivity (Wildman–Crippen MR) is 81.8 cm³/mol. The summed E-state index contributed by atoms with van der Waals surface area (Å²) in [6.07, 6.45) is 1.04. The second-order valence-electron chi connectivity index (χ2n) is 4.56. The Balaban J connectivity index is 1.92. The minimum Gasteiger partial charge on any atom is -0.399 e. The first-order chi connectivity index (χ1) is 9.54. The van der Waals surface area contributed by atoms with Crippen LogP contribution >= 0.6 is 11.6 Å². The van der Waals surface area contributed by atoms with Gasteiger partial charge in [-0.15, -0.1) is 0 Å². The number of amides is 1. The summed E-state index contributed by atoms with van der Waals surface area (Å²) >= 11 is 5.77. The number of hydrogen-bond acceptors (Lipinski definition) is 3. The van der Waals surface area contributed by atoms with E-state index in [1.54, 1.807) is 19.1 Å². The summed E-state index contributed by atoms with van der Waals surface area (Å²) in [5, 5.41) is 3.25. The normalized spacial score (nSPS) is 10.3. The summed E-state index contributed by atoms with van der Waals surface area (Å²) < 4.78 is 0. The molecule has 0 aliphatic rings. The van der Waals surface area contributed by atoms with E-state index in [1.165, 1.54) is 0 Å². The maximum Gasteiger partial charge on any atom is 0.224 e. The van der Waals surface area contributed by atoms with Crippen molar-refractivity contribution in [2.75, 3.05) is 11.1 Å². The monoisotopic (exact) mass is 289 g/mol. The molecule has 104 valence electrons. The average molecular weight is 290 g/mol. The highest BCUT2D eigenvalue weighted by molar-refractivity contribution is 6.29. The van der Waals surface area contributed by atoms with E-state index in [4.69, 9.17) is 17.3 Å². The number of carbonyl (C=O) groups excluding carboxylic acids is 1. The molecule has 0 saturated carbocycles. The van der Waals surface area contributed by atoms with Gasteiger partial charge in [0.05, 0.1) is 11.4 Å². The molecule has 1 aromatic heterocycles. The number of rotatable bonds is 4. The van der Waals surface area contributed by atoms with E-state index in [-0.39, 0.29) is 5.91 Å². The lowest BCUT2D eigenvalue weighted by Gasteiger charge is -2.08. The molecule has 0 atom stereocenters. The van der Waals surface area contributed by atoms with Gasteiger partial charge in [-0.1, -0.05) is 23.7 Å². The number of halogens is 1. The van der Waals surface area contributed by atoms with Crippen LogP contribution in [-0.2, 0) is 11.2 Å². The van der Waals surface area contributed by atoms with E-state index in [0.717, 1.165) is 5.56 Å². The zero-order valence-corrected chi connectivity index (χ0v) is 11.9. The SMILES string of the molecule is Cc1nc(Cl)ccc1NC(=O)CCc1cccc(N)c1. The first-order valence-corrected chi connectivity index (χ1v) is 6.70. The van der Waals surface area contributed by atoms with Crippen LogP contribution < -0.4 is 11.1 Å². The van der Waals surface area contributed by atoms with Crippen LogP contribution in [0.4, 0.5) is 11.4 Å². The molecule has 4 nitrogen and oxygen atoms in total. The number of hydrogen-bond donors (Lipinski definition) is 2. The molecule has 5 heteroatoms. The summed E-state index contributed by atoms with van der Waals surface area (Å²) in [5.74, 6) is -0.0559. The fourth-order valence-electron chi connectivity index (χ4n) is 1.88. The molecule has 0 aliphatic heterocycles. The Labute approximate surface area is 123 Å². The molecule has 1 amide bonds. The quantitative estimate of drug-likeness (QED) is 0.671. The molecule has 3 N–H and O–H groups in total. The number of aryl methyl sites for hydroxylation is 2. The van der Waals surface area contributed by atoms with Gasteiger partial charge in [0, 0.05) is 12.1 Å². The van der Waals surface area contributed by atoms with Crippen molar-refractivity contribution in [3.63, 3.8) is 0 Å². The summed E-state index contributed by atoms with van der Waals surface area (Å²) in [5.41, 5.74) is 8.85. The van der Waals surface area contributed by atoms with Crippen LogP contribution in [0.3, 0.4) is 0 Å². The Kier molecular flexibility index (Phi) is 4.58. The maximum absolute atomic E-state index is 11.9. The Bertz CT molecular complexity index is 628. The van der Waals surface area contributed by atoms with Crippen LogP contribution in [-0.4, -0.2) is 10.9 Å². The minimum absolute atomic E-state index is 0.0559. The molecular formula is C15H16ClN3O. The van der Waals surface area contributed by atoms with E-state index in [0.29, 0.717) is 35.1 Å². The Hall–Kier alpha value is -2.07. The molecule has 2 aromatic rings. The van der Waals surface area contributed by atoms with Gasteiger partial charge < -0.3 is 11.1 Å². The molecule has 0 unspecified atom stereocenters. The Morgan fingerprint density at radius 1 is 1.35 bits per heavy atom. The second kappa shape index (κ2) is 6.39. The van der Waals surface area contributed by atoms with Crippen LogP contribution in [0.5, 0.6) is 0 Å².